The number of benzene rings is 1. The summed E-state index contributed by atoms with van der Waals surface area (Å²) in [6.45, 7) is 0.755. The van der Waals surface area contributed by atoms with Gasteiger partial charge in [-0.15, -0.1) is 0 Å². The highest BCUT2D eigenvalue weighted by Gasteiger charge is 2.39. The van der Waals surface area contributed by atoms with Gasteiger partial charge in [0.25, 0.3) is 0 Å². The lowest BCUT2D eigenvalue weighted by molar-refractivity contribution is -0.147. The maximum absolute atomic E-state index is 12.8. The molecule has 0 unspecified atom stereocenters. The van der Waals surface area contributed by atoms with E-state index in [-0.39, 0.29) is 10.9 Å². The summed E-state index contributed by atoms with van der Waals surface area (Å²) in [6.07, 6.45) is 2.41. The number of fused-ring (bicyclic) bond motifs is 1. The van der Waals surface area contributed by atoms with Gasteiger partial charge in [0.15, 0.2) is 0 Å². The van der Waals surface area contributed by atoms with E-state index in [1.807, 2.05) is 12.3 Å². The van der Waals surface area contributed by atoms with Crippen molar-refractivity contribution in [1.29, 1.82) is 5.26 Å². The lowest BCUT2D eigenvalue weighted by Crippen LogP contribution is -2.42. The number of hydrogen-bond donors (Lipinski definition) is 1. The van der Waals surface area contributed by atoms with Crippen LogP contribution in [-0.2, 0) is 10.0 Å². The number of rotatable bonds is 6. The summed E-state index contributed by atoms with van der Waals surface area (Å²) in [5, 5.41) is 10.8. The first kappa shape index (κ1) is 22.9. The summed E-state index contributed by atoms with van der Waals surface area (Å²) in [6, 6.07) is 7.96. The quantitative estimate of drug-likeness (QED) is 0.503. The van der Waals surface area contributed by atoms with Crippen LogP contribution in [0.15, 0.2) is 41.4 Å². The lowest BCUT2D eigenvalue weighted by atomic mass is 9.92. The van der Waals surface area contributed by atoms with Crippen LogP contribution in [0.5, 0.6) is 0 Å². The maximum Gasteiger partial charge on any atom is 0.404 e. The summed E-state index contributed by atoms with van der Waals surface area (Å²) in [4.78, 5) is 4.44. The Morgan fingerprint density at radius 3 is 2.38 bits per heavy atom. The van der Waals surface area contributed by atoms with Crippen LogP contribution in [0, 0.1) is 11.3 Å². The van der Waals surface area contributed by atoms with Gasteiger partial charge in [-0.05, 0) is 74.3 Å². The highest BCUT2D eigenvalue weighted by atomic mass is 32.2. The molecule has 34 heavy (non-hydrogen) atoms. The summed E-state index contributed by atoms with van der Waals surface area (Å²) in [7, 11) is -4.36. The molecule has 2 aromatic heterocycles. The smallest absolute Gasteiger partial charge is 0.321 e. The molecule has 10 heteroatoms. The van der Waals surface area contributed by atoms with Crippen LogP contribution >= 0.6 is 0 Å². The Labute approximate surface area is 195 Å². The van der Waals surface area contributed by atoms with Gasteiger partial charge in [0.2, 0.25) is 10.0 Å². The molecule has 0 aliphatic heterocycles. The number of sulfonamides is 1. The Morgan fingerprint density at radius 1 is 1.18 bits per heavy atom. The van der Waals surface area contributed by atoms with Gasteiger partial charge < -0.3 is 4.57 Å². The molecule has 0 amide bonds. The molecule has 0 spiro atoms. The number of hydrogen-bond acceptors (Lipinski definition) is 4. The fourth-order valence-electron chi connectivity index (χ4n) is 4.40. The van der Waals surface area contributed by atoms with E-state index in [0.717, 1.165) is 55.6 Å². The molecule has 1 atom stereocenters. The summed E-state index contributed by atoms with van der Waals surface area (Å²) < 4.78 is 67.2. The average molecular weight is 489 g/mol. The largest absolute Gasteiger partial charge is 0.404 e. The molecular weight excluding hydrogens is 465 g/mol. The first-order chi connectivity index (χ1) is 16.1. The Morgan fingerprint density at radius 2 is 1.85 bits per heavy atom. The van der Waals surface area contributed by atoms with Crippen molar-refractivity contribution in [3.63, 3.8) is 0 Å². The van der Waals surface area contributed by atoms with Crippen LogP contribution in [0.1, 0.15) is 62.1 Å². The third-order valence-corrected chi connectivity index (χ3v) is 8.28. The lowest BCUT2D eigenvalue weighted by Gasteiger charge is -2.29. The van der Waals surface area contributed by atoms with Crippen molar-refractivity contribution in [2.24, 2.45) is 0 Å². The zero-order valence-electron chi connectivity index (χ0n) is 18.4. The third kappa shape index (κ3) is 3.97. The molecule has 0 saturated heterocycles. The van der Waals surface area contributed by atoms with Crippen molar-refractivity contribution < 1.29 is 21.6 Å². The van der Waals surface area contributed by atoms with E-state index in [2.05, 4.69) is 10.6 Å². The monoisotopic (exact) mass is 488 g/mol. The van der Waals surface area contributed by atoms with Crippen LogP contribution in [0.3, 0.4) is 0 Å². The molecule has 2 saturated carbocycles. The number of aromatic nitrogens is 2. The van der Waals surface area contributed by atoms with Crippen molar-refractivity contribution in [2.75, 3.05) is 0 Å². The first-order valence-corrected chi connectivity index (χ1v) is 12.7. The van der Waals surface area contributed by atoms with E-state index in [9.17, 15) is 26.9 Å². The number of pyridine rings is 1. The van der Waals surface area contributed by atoms with Crippen molar-refractivity contribution in [2.45, 2.75) is 68.1 Å². The third-order valence-electron chi connectivity index (χ3n) is 6.72. The van der Waals surface area contributed by atoms with Crippen molar-refractivity contribution in [3.05, 3.63) is 47.7 Å². The summed E-state index contributed by atoms with van der Waals surface area (Å²) >= 11 is 0. The number of nitrogens with one attached hydrogen (secondary N) is 1. The number of nitriles is 1. The Kier molecular flexibility index (Phi) is 5.45. The zero-order chi connectivity index (χ0) is 24.3. The Hall–Kier alpha value is -2.90. The van der Waals surface area contributed by atoms with Gasteiger partial charge in [0.05, 0.1) is 16.2 Å². The van der Waals surface area contributed by atoms with Crippen molar-refractivity contribution in [3.8, 4) is 17.3 Å². The van der Waals surface area contributed by atoms with Crippen LogP contribution in [0.2, 0.25) is 0 Å². The minimum Gasteiger partial charge on any atom is -0.321 e. The molecule has 2 fully saturated rings. The normalized spacial score (nSPS) is 18.0. The molecule has 2 aliphatic carbocycles. The predicted octanol–water partition coefficient (Wildman–Crippen LogP) is 5.41. The molecule has 3 aromatic rings. The van der Waals surface area contributed by atoms with Gasteiger partial charge >= 0.3 is 6.18 Å². The Balaban J connectivity index is 1.58. The molecular formula is C24H23F3N4O2S. The molecule has 1 aromatic carbocycles. The van der Waals surface area contributed by atoms with E-state index in [4.69, 9.17) is 4.98 Å². The minimum atomic E-state index is -4.69. The Bertz CT molecular complexity index is 1400. The van der Waals surface area contributed by atoms with E-state index < -0.39 is 22.2 Å². The van der Waals surface area contributed by atoms with E-state index >= 15 is 0 Å². The van der Waals surface area contributed by atoms with Crippen LogP contribution in [-0.4, -0.2) is 30.2 Å². The summed E-state index contributed by atoms with van der Waals surface area (Å²) in [5.74, 6) is 0.482. The van der Waals surface area contributed by atoms with Gasteiger partial charge in [-0.1, -0.05) is 12.1 Å². The van der Waals surface area contributed by atoms with Crippen LogP contribution in [0.25, 0.3) is 22.3 Å². The van der Waals surface area contributed by atoms with Crippen molar-refractivity contribution in [1.82, 2.24) is 14.3 Å². The van der Waals surface area contributed by atoms with E-state index in [1.54, 1.807) is 16.9 Å². The molecule has 0 bridgehead atoms. The highest BCUT2D eigenvalue weighted by molar-refractivity contribution is 7.89. The zero-order valence-corrected chi connectivity index (χ0v) is 19.2. The predicted molar refractivity (Wildman–Crippen MR) is 121 cm³/mol. The van der Waals surface area contributed by atoms with Gasteiger partial charge in [-0.25, -0.2) is 13.4 Å². The minimum absolute atomic E-state index is 0.191. The first-order valence-electron chi connectivity index (χ1n) is 11.2. The number of alkyl halides is 3. The molecule has 1 N–H and O–H groups in total. The van der Waals surface area contributed by atoms with E-state index in [1.165, 1.54) is 12.1 Å². The molecule has 2 heterocycles. The molecule has 0 radical (unpaired) electrons. The maximum atomic E-state index is 12.8. The number of halogens is 3. The van der Waals surface area contributed by atoms with Gasteiger partial charge in [0.1, 0.15) is 17.8 Å². The van der Waals surface area contributed by atoms with Gasteiger partial charge in [-0.2, -0.15) is 23.2 Å². The molecule has 178 valence electrons. The van der Waals surface area contributed by atoms with Gasteiger partial charge in [0, 0.05) is 17.6 Å². The standard InChI is InChI=1S/C24H23F3N4O2S/c1-14(24(25,26)27)30-34(32,33)19-9-7-16(8-10-19)22-21(12-28)20-11-17(15-5-6-15)13-29-23(20)31(22)18-3-2-4-18/h7-11,13-15,18,30H,2-6H2,1H3/t14-/m0/s1. The fourth-order valence-corrected chi connectivity index (χ4v) is 5.63. The highest BCUT2D eigenvalue weighted by Crippen LogP contribution is 2.45. The molecule has 6 nitrogen and oxygen atoms in total. The van der Waals surface area contributed by atoms with Crippen molar-refractivity contribution >= 4 is 21.1 Å². The van der Waals surface area contributed by atoms with Gasteiger partial charge in [-0.3, -0.25) is 0 Å². The molecule has 5 rings (SSSR count). The van der Waals surface area contributed by atoms with Crippen LogP contribution in [0.4, 0.5) is 13.2 Å². The second-order valence-corrected chi connectivity index (χ2v) is 10.8. The van der Waals surface area contributed by atoms with E-state index in [0.29, 0.717) is 22.7 Å². The second kappa shape index (κ2) is 8.10. The SMILES string of the molecule is C[C@H](NS(=O)(=O)c1ccc(-c2c(C#N)c3cc(C4CC4)cnc3n2C2CCC2)cc1)C(F)(F)F. The topological polar surface area (TPSA) is 87.8 Å². The average Bonchev–Trinajstić information content (AvgIpc) is 3.55. The van der Waals surface area contributed by atoms with Crippen LogP contribution < -0.4 is 4.72 Å². The number of nitrogens with zero attached hydrogens (tertiary/aromatic N) is 3. The summed E-state index contributed by atoms with van der Waals surface area (Å²) in [5.41, 5.74) is 3.63. The second-order valence-electron chi connectivity index (χ2n) is 9.11. The molecule has 2 aliphatic rings. The fraction of sp³-hybridized carbons (Fsp3) is 0.417.